The van der Waals surface area contributed by atoms with Gasteiger partial charge in [-0.15, -0.1) is 0 Å². The highest BCUT2D eigenvalue weighted by Crippen LogP contribution is 2.26. The van der Waals surface area contributed by atoms with Crippen molar-refractivity contribution >= 4 is 33.5 Å². The van der Waals surface area contributed by atoms with Crippen molar-refractivity contribution in [3.63, 3.8) is 0 Å². The molecule has 3 aromatic rings. The van der Waals surface area contributed by atoms with Crippen molar-refractivity contribution < 1.29 is 23.1 Å². The average Bonchev–Trinajstić information content (AvgIpc) is 2.82. The predicted octanol–water partition coefficient (Wildman–Crippen LogP) is 2.53. The Bertz CT molecular complexity index is 1350. The normalized spacial score (nSPS) is 11.8. The third kappa shape index (κ3) is 6.36. The lowest BCUT2D eigenvalue weighted by Crippen LogP contribution is -2.49. The summed E-state index contributed by atoms with van der Waals surface area (Å²) in [5, 5.41) is 19.7. The number of nitrogens with zero attached hydrogens (tertiary/aromatic N) is 1. The number of nitrogens with one attached hydrogen (secondary N) is 3. The molecule has 0 aromatic heterocycles. The van der Waals surface area contributed by atoms with Crippen LogP contribution < -0.4 is 20.9 Å². The summed E-state index contributed by atoms with van der Waals surface area (Å²) in [6, 6.07) is 19.4. The lowest BCUT2D eigenvalue weighted by Gasteiger charge is -2.26. The second-order valence-corrected chi connectivity index (χ2v) is 9.48. The summed E-state index contributed by atoms with van der Waals surface area (Å²) in [6.07, 6.45) is -0.438. The highest BCUT2D eigenvalue weighted by atomic mass is 32.2. The van der Waals surface area contributed by atoms with Gasteiger partial charge >= 0.3 is 5.97 Å². The van der Waals surface area contributed by atoms with Gasteiger partial charge in [0.25, 0.3) is 15.9 Å². The molecule has 1 unspecified atom stereocenters. The average molecular weight is 496 g/mol. The minimum Gasteiger partial charge on any atom is -0.481 e. The van der Waals surface area contributed by atoms with Crippen LogP contribution in [0.4, 0.5) is 5.69 Å². The number of hydrogen-bond donors (Lipinski definition) is 5. The summed E-state index contributed by atoms with van der Waals surface area (Å²) >= 11 is 0. The predicted molar refractivity (Wildman–Crippen MR) is 131 cm³/mol. The van der Waals surface area contributed by atoms with E-state index in [9.17, 15) is 23.1 Å². The number of carbonyl (C=O) groups excluding carboxylic acids is 1. The van der Waals surface area contributed by atoms with E-state index in [1.54, 1.807) is 42.5 Å². The molecular weight excluding hydrogens is 470 g/mol. The number of aryl methyl sites for hydroxylation is 1. The van der Waals surface area contributed by atoms with E-state index in [0.29, 0.717) is 11.1 Å². The Balaban J connectivity index is 2.00. The third-order valence-corrected chi connectivity index (χ3v) is 6.63. The number of carboxylic acids is 1. The van der Waals surface area contributed by atoms with Crippen LogP contribution in [0.1, 0.15) is 33.9 Å². The third-order valence-electron chi connectivity index (χ3n) is 4.97. The van der Waals surface area contributed by atoms with Gasteiger partial charge in [-0.3, -0.25) is 20.4 Å². The number of benzene rings is 3. The maximum atomic E-state index is 13.3. The topological polar surface area (TPSA) is 166 Å². The number of carbonyl (C=O) groups is 2. The molecule has 3 aromatic carbocycles. The Morgan fingerprint density at radius 3 is 2.34 bits per heavy atom. The fraction of sp³-hybridized carbons (Fsp3) is 0.125. The van der Waals surface area contributed by atoms with Crippen LogP contribution in [0.25, 0.3) is 0 Å². The summed E-state index contributed by atoms with van der Waals surface area (Å²) in [5.41, 5.74) is 9.41. The van der Waals surface area contributed by atoms with Crippen LogP contribution in [0.15, 0.2) is 83.8 Å². The highest BCUT2D eigenvalue weighted by molar-refractivity contribution is 7.92. The number of nitrogens with two attached hydrogens (primary N) is 1. The van der Waals surface area contributed by atoms with Crippen molar-refractivity contribution in [2.75, 3.05) is 4.41 Å². The van der Waals surface area contributed by atoms with Gasteiger partial charge in [-0.25, -0.2) is 0 Å². The van der Waals surface area contributed by atoms with E-state index < -0.39 is 40.3 Å². The van der Waals surface area contributed by atoms with Crippen molar-refractivity contribution in [2.45, 2.75) is 24.3 Å². The van der Waals surface area contributed by atoms with Crippen LogP contribution in [0, 0.1) is 12.3 Å². The molecule has 0 aliphatic heterocycles. The zero-order valence-corrected chi connectivity index (χ0v) is 19.6. The van der Waals surface area contributed by atoms with Crippen molar-refractivity contribution in [1.82, 2.24) is 10.7 Å². The summed E-state index contributed by atoms with van der Waals surface area (Å²) in [7, 11) is -4.19. The maximum Gasteiger partial charge on any atom is 0.305 e. The molecule has 0 fully saturated rings. The van der Waals surface area contributed by atoms with Crippen LogP contribution in [-0.2, 0) is 14.8 Å². The number of guanidine groups is 1. The number of rotatable bonds is 9. The molecule has 0 bridgehead atoms. The van der Waals surface area contributed by atoms with E-state index in [1.807, 2.05) is 13.0 Å². The van der Waals surface area contributed by atoms with Crippen molar-refractivity contribution in [1.29, 1.82) is 5.41 Å². The zero-order chi connectivity index (χ0) is 25.6. The molecule has 0 radical (unpaired) electrons. The van der Waals surface area contributed by atoms with Crippen LogP contribution in [0.3, 0.4) is 0 Å². The summed E-state index contributed by atoms with van der Waals surface area (Å²) in [5.74, 6) is -2.24. The molecule has 0 aliphatic carbocycles. The van der Waals surface area contributed by atoms with E-state index in [4.69, 9.17) is 11.1 Å². The van der Waals surface area contributed by atoms with Crippen molar-refractivity contribution in [2.24, 2.45) is 5.73 Å². The standard InChI is InChI=1S/C24H25N5O5S/c1-16-7-5-9-18(13-16)23(32)27-21(15-22(30)31)17-8-6-10-19(14-17)29(28-24(25)26)35(33,34)20-11-3-2-4-12-20/h2-14,21H,15H2,1H3,(H,27,32)(H,30,31)(H4,25,26,28). The second-order valence-electron chi connectivity index (χ2n) is 7.70. The Labute approximate surface area is 202 Å². The van der Waals surface area contributed by atoms with E-state index in [2.05, 4.69) is 10.7 Å². The monoisotopic (exact) mass is 495 g/mol. The van der Waals surface area contributed by atoms with Gasteiger partial charge in [0.15, 0.2) is 0 Å². The molecular formula is C24H25N5O5S. The fourth-order valence-corrected chi connectivity index (χ4v) is 4.71. The van der Waals surface area contributed by atoms with Gasteiger partial charge in [0.05, 0.1) is 23.0 Å². The molecule has 1 atom stereocenters. The summed E-state index contributed by atoms with van der Waals surface area (Å²) in [4.78, 5) is 24.3. The Morgan fingerprint density at radius 1 is 1.03 bits per heavy atom. The maximum absolute atomic E-state index is 13.3. The molecule has 11 heteroatoms. The number of amides is 1. The van der Waals surface area contributed by atoms with Crippen LogP contribution in [0.2, 0.25) is 0 Å². The molecule has 1 amide bonds. The first-order valence-electron chi connectivity index (χ1n) is 10.5. The van der Waals surface area contributed by atoms with Crippen LogP contribution in [0.5, 0.6) is 0 Å². The fourth-order valence-electron chi connectivity index (χ4n) is 3.39. The molecule has 0 aliphatic rings. The molecule has 10 nitrogen and oxygen atoms in total. The molecule has 182 valence electrons. The first-order valence-corrected chi connectivity index (χ1v) is 11.9. The van der Waals surface area contributed by atoms with Crippen LogP contribution >= 0.6 is 0 Å². The molecule has 0 heterocycles. The molecule has 0 spiro atoms. The first-order chi connectivity index (χ1) is 16.6. The number of aliphatic carboxylic acids is 1. The number of hydrazine groups is 1. The van der Waals surface area contributed by atoms with E-state index in [1.165, 1.54) is 30.3 Å². The molecule has 0 saturated heterocycles. The lowest BCUT2D eigenvalue weighted by atomic mass is 10.0. The van der Waals surface area contributed by atoms with Gasteiger partial charge in [-0.2, -0.15) is 12.8 Å². The SMILES string of the molecule is Cc1cccc(C(=O)NC(CC(=O)O)c2cccc(N(NC(=N)N)S(=O)(=O)c3ccccc3)c2)c1. The summed E-state index contributed by atoms with van der Waals surface area (Å²) < 4.78 is 27.3. The smallest absolute Gasteiger partial charge is 0.305 e. The highest BCUT2D eigenvalue weighted by Gasteiger charge is 2.27. The second kappa shape index (κ2) is 10.7. The zero-order valence-electron chi connectivity index (χ0n) is 18.8. The number of anilines is 1. The Hall–Kier alpha value is -4.38. The Morgan fingerprint density at radius 2 is 1.71 bits per heavy atom. The lowest BCUT2D eigenvalue weighted by molar-refractivity contribution is -0.137. The van der Waals surface area contributed by atoms with E-state index in [-0.39, 0.29) is 10.6 Å². The quantitative estimate of drug-likeness (QED) is 0.173. The van der Waals surface area contributed by atoms with Gasteiger partial charge in [0.1, 0.15) is 0 Å². The largest absolute Gasteiger partial charge is 0.481 e. The van der Waals surface area contributed by atoms with Gasteiger partial charge < -0.3 is 16.2 Å². The van der Waals surface area contributed by atoms with Crippen molar-refractivity contribution in [3.8, 4) is 0 Å². The van der Waals surface area contributed by atoms with E-state index in [0.717, 1.165) is 9.98 Å². The minimum atomic E-state index is -4.19. The molecule has 0 saturated carbocycles. The molecule has 35 heavy (non-hydrogen) atoms. The van der Waals surface area contributed by atoms with Crippen molar-refractivity contribution in [3.05, 3.63) is 95.6 Å². The first kappa shape index (κ1) is 25.2. The number of hydrogen-bond acceptors (Lipinski definition) is 5. The van der Waals surface area contributed by atoms with Gasteiger partial charge in [-0.1, -0.05) is 48.0 Å². The van der Waals surface area contributed by atoms with Gasteiger partial charge in [0.2, 0.25) is 5.96 Å². The molecule has 6 N–H and O–H groups in total. The van der Waals surface area contributed by atoms with Crippen LogP contribution in [-0.4, -0.2) is 31.4 Å². The Kier molecular flexibility index (Phi) is 7.72. The van der Waals surface area contributed by atoms with Gasteiger partial charge in [0, 0.05) is 5.56 Å². The number of sulfonamides is 1. The minimum absolute atomic E-state index is 0.0472. The summed E-state index contributed by atoms with van der Waals surface area (Å²) in [6.45, 7) is 1.83. The molecule has 3 rings (SSSR count). The number of carboxylic acid groups (broad SMARTS) is 1. The van der Waals surface area contributed by atoms with Gasteiger partial charge in [-0.05, 0) is 48.9 Å². The van der Waals surface area contributed by atoms with E-state index >= 15 is 0 Å².